The number of hydrogen-bond donors (Lipinski definition) is 1. The maximum absolute atomic E-state index is 11.8. The summed E-state index contributed by atoms with van der Waals surface area (Å²) >= 11 is 0. The Labute approximate surface area is 77.0 Å². The van der Waals surface area contributed by atoms with Crippen LogP contribution in [0.1, 0.15) is 6.92 Å². The summed E-state index contributed by atoms with van der Waals surface area (Å²) in [6.07, 6.45) is 2.09. The molecule has 1 radical (unpaired) electrons. The van der Waals surface area contributed by atoms with Gasteiger partial charge in [0, 0.05) is 6.20 Å². The van der Waals surface area contributed by atoms with Crippen LogP contribution < -0.4 is 5.44 Å². The van der Waals surface area contributed by atoms with Crippen molar-refractivity contribution in [2.24, 2.45) is 0 Å². The van der Waals surface area contributed by atoms with Crippen LogP contribution in [-0.4, -0.2) is 16.7 Å². The Kier molecular flexibility index (Phi) is 3.60. The molecule has 0 saturated carbocycles. The van der Waals surface area contributed by atoms with Crippen molar-refractivity contribution < 1.29 is 14.2 Å². The van der Waals surface area contributed by atoms with Gasteiger partial charge in [-0.05, 0) is 19.1 Å². The zero-order valence-corrected chi connectivity index (χ0v) is 8.15. The second-order valence-corrected chi connectivity index (χ2v) is 4.46. The third-order valence-corrected chi connectivity index (χ3v) is 3.29. The molecular formula is C8H11NO3P. The first-order valence-corrected chi connectivity index (χ1v) is 5.57. The maximum atomic E-state index is 11.8. The Bertz CT molecular complexity index is 302. The number of pyridine rings is 1. The van der Waals surface area contributed by atoms with Crippen molar-refractivity contribution in [2.75, 3.05) is 6.61 Å². The van der Waals surface area contributed by atoms with E-state index in [2.05, 4.69) is 4.98 Å². The Morgan fingerprint density at radius 2 is 2.46 bits per heavy atom. The minimum atomic E-state index is -3.23. The summed E-state index contributed by atoms with van der Waals surface area (Å²) in [6, 6.07) is 4.96. The van der Waals surface area contributed by atoms with E-state index in [1.54, 1.807) is 25.1 Å². The highest BCUT2D eigenvalue weighted by Crippen LogP contribution is 2.46. The van der Waals surface area contributed by atoms with Crippen LogP contribution in [0.2, 0.25) is 0 Å². The lowest BCUT2D eigenvalue weighted by Gasteiger charge is -2.12. The summed E-state index contributed by atoms with van der Waals surface area (Å²) in [4.78, 5) is 3.86. The van der Waals surface area contributed by atoms with Crippen molar-refractivity contribution in [2.45, 2.75) is 6.92 Å². The lowest BCUT2D eigenvalue weighted by Crippen LogP contribution is -2.11. The molecule has 0 saturated heterocycles. The summed E-state index contributed by atoms with van der Waals surface area (Å²) in [5.41, 5.74) is 0.263. The molecule has 4 nitrogen and oxygen atoms in total. The van der Waals surface area contributed by atoms with Gasteiger partial charge in [0.15, 0.2) is 6.35 Å². The van der Waals surface area contributed by atoms with Gasteiger partial charge in [0.2, 0.25) is 0 Å². The molecule has 1 N–H and O–H groups in total. The SMILES string of the molecule is CCO[P@@](=O)([CH]O)c1ccccn1. The van der Waals surface area contributed by atoms with Crippen LogP contribution in [0.5, 0.6) is 0 Å². The molecule has 0 spiro atoms. The fourth-order valence-electron chi connectivity index (χ4n) is 0.889. The fraction of sp³-hybridized carbons (Fsp3) is 0.250. The second-order valence-electron chi connectivity index (χ2n) is 2.32. The third kappa shape index (κ3) is 2.37. The molecule has 0 fully saturated rings. The molecule has 0 amide bonds. The van der Waals surface area contributed by atoms with Gasteiger partial charge in [0.25, 0.3) is 7.37 Å². The van der Waals surface area contributed by atoms with Gasteiger partial charge in [-0.25, -0.2) is 0 Å². The minimum Gasteiger partial charge on any atom is -0.379 e. The summed E-state index contributed by atoms with van der Waals surface area (Å²) in [6.45, 7) is 1.98. The molecule has 1 aromatic rings. The van der Waals surface area contributed by atoms with E-state index >= 15 is 0 Å². The van der Waals surface area contributed by atoms with Gasteiger partial charge in [0.1, 0.15) is 5.44 Å². The first kappa shape index (κ1) is 10.4. The van der Waals surface area contributed by atoms with Crippen LogP contribution in [0, 0.1) is 6.35 Å². The zero-order chi connectivity index (χ0) is 9.73. The molecule has 0 bridgehead atoms. The highest BCUT2D eigenvalue weighted by molar-refractivity contribution is 7.68. The van der Waals surface area contributed by atoms with Crippen LogP contribution >= 0.6 is 7.37 Å². The smallest absolute Gasteiger partial charge is 0.280 e. The summed E-state index contributed by atoms with van der Waals surface area (Å²) in [7, 11) is -3.23. The molecule has 1 rings (SSSR count). The van der Waals surface area contributed by atoms with Crippen molar-refractivity contribution in [3.05, 3.63) is 30.7 Å². The van der Waals surface area contributed by atoms with Gasteiger partial charge in [-0.2, -0.15) is 0 Å². The average Bonchev–Trinajstić information content (AvgIpc) is 2.19. The zero-order valence-electron chi connectivity index (χ0n) is 7.25. The van der Waals surface area contributed by atoms with Crippen LogP contribution in [0.15, 0.2) is 24.4 Å². The molecule has 5 heteroatoms. The van der Waals surface area contributed by atoms with Gasteiger partial charge in [0.05, 0.1) is 6.61 Å². The van der Waals surface area contributed by atoms with Gasteiger partial charge in [-0.1, -0.05) is 6.07 Å². The molecule has 0 unspecified atom stereocenters. The Morgan fingerprint density at radius 3 is 2.92 bits per heavy atom. The Morgan fingerprint density at radius 1 is 1.69 bits per heavy atom. The largest absolute Gasteiger partial charge is 0.379 e. The molecule has 1 atom stereocenters. The molecule has 71 valence electrons. The monoisotopic (exact) mass is 200 g/mol. The van der Waals surface area contributed by atoms with E-state index in [9.17, 15) is 4.57 Å². The summed E-state index contributed by atoms with van der Waals surface area (Å²) in [5.74, 6) is 0. The van der Waals surface area contributed by atoms with Crippen molar-refractivity contribution in [1.82, 2.24) is 4.98 Å². The topological polar surface area (TPSA) is 59.4 Å². The highest BCUT2D eigenvalue weighted by Gasteiger charge is 2.26. The molecule has 0 aromatic carbocycles. The predicted molar refractivity (Wildman–Crippen MR) is 49.3 cm³/mol. The molecule has 1 heterocycles. The first-order chi connectivity index (χ1) is 6.23. The summed E-state index contributed by atoms with van der Waals surface area (Å²) < 4.78 is 16.7. The van der Waals surface area contributed by atoms with Crippen molar-refractivity contribution in [3.8, 4) is 0 Å². The van der Waals surface area contributed by atoms with Crippen LogP contribution in [0.25, 0.3) is 0 Å². The third-order valence-electron chi connectivity index (χ3n) is 1.44. The van der Waals surface area contributed by atoms with Crippen molar-refractivity contribution >= 4 is 12.8 Å². The predicted octanol–water partition coefficient (Wildman–Crippen LogP) is 1.51. The van der Waals surface area contributed by atoms with Crippen LogP contribution in [0.3, 0.4) is 0 Å². The minimum absolute atomic E-state index is 0.263. The molecule has 0 aliphatic carbocycles. The van der Waals surface area contributed by atoms with Gasteiger partial charge < -0.3 is 9.63 Å². The van der Waals surface area contributed by atoms with Crippen molar-refractivity contribution in [3.63, 3.8) is 0 Å². The van der Waals surface area contributed by atoms with Gasteiger partial charge in [-0.3, -0.25) is 9.55 Å². The number of aliphatic hydroxyl groups excluding tert-OH is 1. The maximum Gasteiger partial charge on any atom is 0.280 e. The van der Waals surface area contributed by atoms with E-state index in [4.69, 9.17) is 9.63 Å². The van der Waals surface area contributed by atoms with E-state index in [0.717, 1.165) is 0 Å². The van der Waals surface area contributed by atoms with Crippen LogP contribution in [0.4, 0.5) is 0 Å². The molecular weight excluding hydrogens is 189 g/mol. The number of aromatic nitrogens is 1. The Balaban J connectivity index is 2.96. The molecule has 0 aliphatic heterocycles. The van der Waals surface area contributed by atoms with E-state index in [-0.39, 0.29) is 12.0 Å². The normalized spacial score (nSPS) is 15.2. The molecule has 0 aliphatic rings. The first-order valence-electron chi connectivity index (χ1n) is 3.87. The molecule has 1 aromatic heterocycles. The standard InChI is InChI=1S/C8H11NO3P/c1-2-12-13(11,7-10)8-5-3-4-6-9-8/h3-7,10H,2H2,1H3/t13-/m0/s1. The lowest BCUT2D eigenvalue weighted by molar-refractivity contribution is 0.320. The number of nitrogens with zero attached hydrogens (tertiary/aromatic N) is 1. The Hall–Kier alpha value is -0.700. The quantitative estimate of drug-likeness (QED) is 0.748. The average molecular weight is 200 g/mol. The number of hydrogen-bond acceptors (Lipinski definition) is 4. The van der Waals surface area contributed by atoms with Crippen molar-refractivity contribution in [1.29, 1.82) is 0 Å². The van der Waals surface area contributed by atoms with E-state index in [0.29, 0.717) is 6.35 Å². The second kappa shape index (κ2) is 4.51. The van der Waals surface area contributed by atoms with Crippen LogP contribution in [-0.2, 0) is 9.09 Å². The number of rotatable bonds is 4. The lowest BCUT2D eigenvalue weighted by atomic mass is 10.5. The van der Waals surface area contributed by atoms with Gasteiger partial charge >= 0.3 is 0 Å². The summed E-state index contributed by atoms with van der Waals surface area (Å²) in [5, 5.41) is 8.82. The molecule has 13 heavy (non-hydrogen) atoms. The number of aliphatic hydroxyl groups is 1. The van der Waals surface area contributed by atoms with E-state index < -0.39 is 7.37 Å². The highest BCUT2D eigenvalue weighted by atomic mass is 31.2. The fourth-order valence-corrected chi connectivity index (χ4v) is 2.11. The van der Waals surface area contributed by atoms with E-state index in [1.165, 1.54) is 6.20 Å². The van der Waals surface area contributed by atoms with E-state index in [1.807, 2.05) is 0 Å². The van der Waals surface area contributed by atoms with Gasteiger partial charge in [-0.15, -0.1) is 0 Å².